The molecule has 1 heterocycles. The fourth-order valence-electron chi connectivity index (χ4n) is 2.86. The van der Waals surface area contributed by atoms with Gasteiger partial charge in [-0.1, -0.05) is 29.8 Å². The molecule has 1 aromatic rings. The number of hydrogen-bond acceptors (Lipinski definition) is 2. The molecule has 1 N–H and O–H groups in total. The quantitative estimate of drug-likeness (QED) is 0.918. The minimum absolute atomic E-state index is 0.246. The number of aryl methyl sites for hydroxylation is 1. The molecule has 110 valence electrons. The average Bonchev–Trinajstić information content (AvgIpc) is 2.47. The van der Waals surface area contributed by atoms with Gasteiger partial charge in [0.05, 0.1) is 5.41 Å². The van der Waals surface area contributed by atoms with Crippen LogP contribution in [-0.4, -0.2) is 37.0 Å². The number of amides is 1. The van der Waals surface area contributed by atoms with Crippen LogP contribution in [0.1, 0.15) is 37.8 Å². The third kappa shape index (κ3) is 3.04. The Hall–Kier alpha value is -1.35. The second kappa shape index (κ2) is 5.96. The van der Waals surface area contributed by atoms with Crippen LogP contribution < -0.4 is 5.32 Å². The number of hydrogen-bond donors (Lipinski definition) is 1. The first-order chi connectivity index (χ1) is 9.45. The summed E-state index contributed by atoms with van der Waals surface area (Å²) in [5.74, 6) is 0.246. The molecule has 0 spiro atoms. The van der Waals surface area contributed by atoms with Crippen molar-refractivity contribution in [2.75, 3.05) is 20.1 Å². The van der Waals surface area contributed by atoms with E-state index in [0.29, 0.717) is 6.04 Å². The summed E-state index contributed by atoms with van der Waals surface area (Å²) in [6, 6.07) is 8.87. The van der Waals surface area contributed by atoms with Gasteiger partial charge >= 0.3 is 0 Å². The summed E-state index contributed by atoms with van der Waals surface area (Å²) in [7, 11) is 2.00. The van der Waals surface area contributed by atoms with Crippen LogP contribution in [0.4, 0.5) is 0 Å². The molecular weight excluding hydrogens is 248 g/mol. The second-order valence-electron chi connectivity index (χ2n) is 6.35. The normalized spacial score (nSPS) is 17.3. The van der Waals surface area contributed by atoms with Crippen LogP contribution in [0.25, 0.3) is 0 Å². The summed E-state index contributed by atoms with van der Waals surface area (Å²) in [6.07, 6.45) is 2.10. The Labute approximate surface area is 122 Å². The van der Waals surface area contributed by atoms with Crippen molar-refractivity contribution in [3.63, 3.8) is 0 Å². The van der Waals surface area contributed by atoms with E-state index in [0.717, 1.165) is 31.5 Å². The molecule has 3 heteroatoms. The highest BCUT2D eigenvalue weighted by Gasteiger charge is 2.35. The lowest BCUT2D eigenvalue weighted by Crippen LogP contribution is -2.49. The van der Waals surface area contributed by atoms with Crippen molar-refractivity contribution in [2.45, 2.75) is 45.1 Å². The van der Waals surface area contributed by atoms with Gasteiger partial charge in [0, 0.05) is 19.1 Å². The topological polar surface area (TPSA) is 32.3 Å². The molecule has 0 aromatic heterocycles. The van der Waals surface area contributed by atoms with Crippen molar-refractivity contribution < 1.29 is 4.79 Å². The van der Waals surface area contributed by atoms with Crippen LogP contribution in [-0.2, 0) is 10.2 Å². The smallest absolute Gasteiger partial charge is 0.232 e. The van der Waals surface area contributed by atoms with E-state index in [1.807, 2.05) is 25.8 Å². The Bertz CT molecular complexity index is 456. The van der Waals surface area contributed by atoms with Gasteiger partial charge in [-0.15, -0.1) is 0 Å². The average molecular weight is 274 g/mol. The molecule has 0 unspecified atom stereocenters. The summed E-state index contributed by atoms with van der Waals surface area (Å²) in [4.78, 5) is 14.8. The molecule has 1 amide bonds. The summed E-state index contributed by atoms with van der Waals surface area (Å²) >= 11 is 0. The second-order valence-corrected chi connectivity index (χ2v) is 6.35. The summed E-state index contributed by atoms with van der Waals surface area (Å²) in [6.45, 7) is 7.86. The van der Waals surface area contributed by atoms with Crippen molar-refractivity contribution in [3.8, 4) is 0 Å². The van der Waals surface area contributed by atoms with Crippen molar-refractivity contribution >= 4 is 5.91 Å². The third-order valence-electron chi connectivity index (χ3n) is 4.50. The molecular formula is C17H26N2O. The van der Waals surface area contributed by atoms with E-state index in [9.17, 15) is 4.79 Å². The molecule has 0 bridgehead atoms. The van der Waals surface area contributed by atoms with E-state index in [2.05, 4.69) is 36.5 Å². The zero-order valence-corrected chi connectivity index (χ0v) is 13.1. The number of rotatable bonds is 3. The molecule has 3 nitrogen and oxygen atoms in total. The molecule has 1 aliphatic heterocycles. The van der Waals surface area contributed by atoms with Gasteiger partial charge in [-0.05, 0) is 46.2 Å². The predicted molar refractivity (Wildman–Crippen MR) is 82.9 cm³/mol. The Morgan fingerprint density at radius 3 is 2.25 bits per heavy atom. The zero-order valence-electron chi connectivity index (χ0n) is 13.1. The molecule has 20 heavy (non-hydrogen) atoms. The van der Waals surface area contributed by atoms with Crippen molar-refractivity contribution in [3.05, 3.63) is 35.4 Å². The summed E-state index contributed by atoms with van der Waals surface area (Å²) in [5.41, 5.74) is 1.89. The maximum absolute atomic E-state index is 12.8. The van der Waals surface area contributed by atoms with E-state index < -0.39 is 5.41 Å². The monoisotopic (exact) mass is 274 g/mol. The largest absolute Gasteiger partial charge is 0.342 e. The minimum atomic E-state index is -0.444. The van der Waals surface area contributed by atoms with Gasteiger partial charge in [0.15, 0.2) is 0 Å². The van der Waals surface area contributed by atoms with E-state index >= 15 is 0 Å². The molecule has 0 aliphatic carbocycles. The minimum Gasteiger partial charge on any atom is -0.342 e. The number of piperidine rings is 1. The predicted octanol–water partition coefficient (Wildman–Crippen LogP) is 2.48. The van der Waals surface area contributed by atoms with Crippen molar-refractivity contribution in [2.24, 2.45) is 0 Å². The van der Waals surface area contributed by atoms with Crippen LogP contribution in [0.5, 0.6) is 0 Å². The first-order valence-electron chi connectivity index (χ1n) is 7.49. The van der Waals surface area contributed by atoms with Crippen molar-refractivity contribution in [1.82, 2.24) is 10.2 Å². The molecule has 1 saturated heterocycles. The Balaban J connectivity index is 2.09. The number of nitrogens with zero attached hydrogens (tertiary/aromatic N) is 1. The summed E-state index contributed by atoms with van der Waals surface area (Å²) in [5, 5.41) is 3.30. The molecule has 0 saturated carbocycles. The first kappa shape index (κ1) is 15.0. The first-order valence-corrected chi connectivity index (χ1v) is 7.49. The Morgan fingerprint density at radius 1 is 1.20 bits per heavy atom. The number of nitrogens with one attached hydrogen (secondary N) is 1. The van der Waals surface area contributed by atoms with Gasteiger partial charge in [0.25, 0.3) is 0 Å². The van der Waals surface area contributed by atoms with Crippen LogP contribution >= 0.6 is 0 Å². The van der Waals surface area contributed by atoms with Crippen LogP contribution in [0, 0.1) is 6.92 Å². The standard InChI is InChI=1S/C17H26N2O/c1-13-5-7-14(8-6-13)17(2,3)16(20)19-11-9-15(18-4)10-12-19/h5-8,15,18H,9-12H2,1-4H3. The highest BCUT2D eigenvalue weighted by molar-refractivity contribution is 5.87. The van der Waals surface area contributed by atoms with E-state index in [1.54, 1.807) is 0 Å². The number of benzene rings is 1. The van der Waals surface area contributed by atoms with Gasteiger partial charge in [0.1, 0.15) is 0 Å². The molecule has 0 atom stereocenters. The highest BCUT2D eigenvalue weighted by Crippen LogP contribution is 2.27. The molecule has 1 aromatic carbocycles. The van der Waals surface area contributed by atoms with Crippen LogP contribution in [0.3, 0.4) is 0 Å². The maximum atomic E-state index is 12.8. The van der Waals surface area contributed by atoms with Gasteiger partial charge in [0.2, 0.25) is 5.91 Å². The molecule has 1 fully saturated rings. The molecule has 2 rings (SSSR count). The number of likely N-dealkylation sites (tertiary alicyclic amines) is 1. The lowest BCUT2D eigenvalue weighted by atomic mass is 9.82. The van der Waals surface area contributed by atoms with E-state index in [-0.39, 0.29) is 5.91 Å². The third-order valence-corrected chi connectivity index (χ3v) is 4.50. The number of carbonyl (C=O) groups excluding carboxylic acids is 1. The van der Waals surface area contributed by atoms with Gasteiger partial charge in [-0.3, -0.25) is 4.79 Å². The number of carbonyl (C=O) groups is 1. The highest BCUT2D eigenvalue weighted by atomic mass is 16.2. The molecule has 1 aliphatic rings. The lowest BCUT2D eigenvalue weighted by molar-refractivity contribution is -0.137. The van der Waals surface area contributed by atoms with Crippen molar-refractivity contribution in [1.29, 1.82) is 0 Å². The van der Waals surface area contributed by atoms with Crippen LogP contribution in [0.2, 0.25) is 0 Å². The maximum Gasteiger partial charge on any atom is 0.232 e. The fraction of sp³-hybridized carbons (Fsp3) is 0.588. The Kier molecular flexibility index (Phi) is 4.48. The van der Waals surface area contributed by atoms with Crippen LogP contribution in [0.15, 0.2) is 24.3 Å². The lowest BCUT2D eigenvalue weighted by Gasteiger charge is -2.37. The SMILES string of the molecule is CNC1CCN(C(=O)C(C)(C)c2ccc(C)cc2)CC1. The fourth-order valence-corrected chi connectivity index (χ4v) is 2.86. The Morgan fingerprint density at radius 2 is 1.75 bits per heavy atom. The van der Waals surface area contributed by atoms with Gasteiger partial charge in [-0.2, -0.15) is 0 Å². The van der Waals surface area contributed by atoms with Gasteiger partial charge < -0.3 is 10.2 Å². The van der Waals surface area contributed by atoms with Gasteiger partial charge in [-0.25, -0.2) is 0 Å². The van der Waals surface area contributed by atoms with E-state index in [1.165, 1.54) is 5.56 Å². The summed E-state index contributed by atoms with van der Waals surface area (Å²) < 4.78 is 0. The zero-order chi connectivity index (χ0) is 14.8. The van der Waals surface area contributed by atoms with E-state index in [4.69, 9.17) is 0 Å². The molecule has 0 radical (unpaired) electrons.